The van der Waals surface area contributed by atoms with Crippen molar-refractivity contribution < 1.29 is 18.7 Å². The molecule has 0 amide bonds. The van der Waals surface area contributed by atoms with Crippen molar-refractivity contribution in [2.75, 3.05) is 67.2 Å². The molecule has 0 unspecified atom stereocenters. The summed E-state index contributed by atoms with van der Waals surface area (Å²) in [4.78, 5) is 22.7. The van der Waals surface area contributed by atoms with Crippen molar-refractivity contribution in [3.05, 3.63) is 47.9 Å². The number of amidine groups is 1. The molecule has 2 aliphatic rings. The van der Waals surface area contributed by atoms with E-state index in [0.717, 1.165) is 50.9 Å². The number of piperazine rings is 1. The summed E-state index contributed by atoms with van der Waals surface area (Å²) in [6.07, 6.45) is 1.60. The van der Waals surface area contributed by atoms with Crippen LogP contribution in [0.4, 0.5) is 21.6 Å². The summed E-state index contributed by atoms with van der Waals surface area (Å²) in [6, 6.07) is 9.23. The number of esters is 1. The second kappa shape index (κ2) is 11.6. The molecule has 2 saturated heterocycles. The van der Waals surface area contributed by atoms with E-state index in [-0.39, 0.29) is 26.3 Å². The average molecular weight is 473 g/mol. The maximum Gasteiger partial charge on any atom is 0.313 e. The number of nitrogens with two attached hydrogens (primary N) is 1. The predicted octanol–water partition coefficient (Wildman–Crippen LogP) is 2.39. The fourth-order valence-corrected chi connectivity index (χ4v) is 4.04. The molecule has 1 aromatic carbocycles. The molecule has 3 heterocycles. The number of benzene rings is 1. The van der Waals surface area contributed by atoms with E-state index in [9.17, 15) is 4.79 Å². The molecule has 0 aliphatic carbocycles. The van der Waals surface area contributed by atoms with E-state index >= 15 is 4.39 Å². The zero-order valence-corrected chi connectivity index (χ0v) is 18.5. The predicted molar refractivity (Wildman–Crippen MR) is 131 cm³/mol. The van der Waals surface area contributed by atoms with Gasteiger partial charge < -0.3 is 29.9 Å². The third-order valence-electron chi connectivity index (χ3n) is 5.83. The maximum absolute atomic E-state index is 15.1. The highest BCUT2D eigenvalue weighted by molar-refractivity contribution is 5.94. The monoisotopic (exact) mass is 472 g/mol. The normalized spacial score (nSPS) is 16.1. The van der Waals surface area contributed by atoms with Gasteiger partial charge in [0.2, 0.25) is 0 Å². The van der Waals surface area contributed by atoms with E-state index in [1.165, 1.54) is 0 Å². The lowest BCUT2D eigenvalue weighted by Gasteiger charge is -2.37. The van der Waals surface area contributed by atoms with Gasteiger partial charge in [-0.15, -0.1) is 0 Å². The topological polar surface area (TPSA) is 108 Å². The largest absolute Gasteiger partial charge is 0.460 e. The Hall–Kier alpha value is -3.40. The molecule has 2 aromatic rings. The summed E-state index contributed by atoms with van der Waals surface area (Å²) in [5.41, 5.74) is 7.05. The van der Waals surface area contributed by atoms with Crippen LogP contribution in [0, 0.1) is 11.2 Å². The molecule has 184 valence electrons. The van der Waals surface area contributed by atoms with Crippen LogP contribution in [0.15, 0.2) is 36.5 Å². The van der Waals surface area contributed by atoms with Crippen molar-refractivity contribution >= 4 is 29.0 Å². The molecule has 0 spiro atoms. The van der Waals surface area contributed by atoms with Gasteiger partial charge in [-0.2, -0.15) is 0 Å². The van der Waals surface area contributed by atoms with E-state index in [2.05, 4.69) is 20.9 Å². The van der Waals surface area contributed by atoms with E-state index in [1.807, 2.05) is 17.2 Å². The first-order chi connectivity index (χ1) is 16.0. The number of ether oxygens (including phenoxy) is 2. The molecule has 1 aromatic heterocycles. The molecular weight excluding hydrogens is 439 g/mol. The van der Waals surface area contributed by atoms with Crippen molar-refractivity contribution in [1.29, 1.82) is 5.41 Å². The SMILES string of the molecule is C.N=C(N)CC(=O)OCc1cccc(N2CCN(c3ccc(N4CCOCC4)nc3)CC2)c1F. The van der Waals surface area contributed by atoms with Gasteiger partial charge in [-0.1, -0.05) is 19.6 Å². The summed E-state index contributed by atoms with van der Waals surface area (Å²) in [6.45, 7) is 5.79. The van der Waals surface area contributed by atoms with Crippen LogP contribution in [0.5, 0.6) is 0 Å². The smallest absolute Gasteiger partial charge is 0.313 e. The third kappa shape index (κ3) is 6.13. The maximum atomic E-state index is 15.1. The zero-order valence-electron chi connectivity index (χ0n) is 18.5. The summed E-state index contributed by atoms with van der Waals surface area (Å²) < 4.78 is 25.5. The Morgan fingerprint density at radius 3 is 2.41 bits per heavy atom. The van der Waals surface area contributed by atoms with Crippen molar-refractivity contribution in [3.63, 3.8) is 0 Å². The fourth-order valence-electron chi connectivity index (χ4n) is 4.04. The number of morpholine rings is 1. The van der Waals surface area contributed by atoms with Crippen LogP contribution in [0.2, 0.25) is 0 Å². The van der Waals surface area contributed by atoms with Crippen LogP contribution in [-0.2, 0) is 20.9 Å². The standard InChI is InChI=1S/C23H29FN6O3.CH4/c24-23-17(16-33-22(31)14-20(25)26)2-1-3-19(23)29-8-6-28(7-9-29)18-4-5-21(27-15-18)30-10-12-32-13-11-30;/h1-5,15H,6-14,16H2,(H3,25,26);1H4. The number of rotatable bonds is 7. The van der Waals surface area contributed by atoms with Crippen LogP contribution >= 0.6 is 0 Å². The van der Waals surface area contributed by atoms with E-state index in [0.29, 0.717) is 24.3 Å². The lowest BCUT2D eigenvalue weighted by molar-refractivity contribution is -0.143. The Labute approximate surface area is 199 Å². The van der Waals surface area contributed by atoms with Crippen LogP contribution in [-0.4, -0.2) is 69.3 Å². The first kappa shape index (κ1) is 25.2. The highest BCUT2D eigenvalue weighted by atomic mass is 19.1. The van der Waals surface area contributed by atoms with Crippen molar-refractivity contribution in [2.45, 2.75) is 20.5 Å². The van der Waals surface area contributed by atoms with Gasteiger partial charge in [0.05, 0.1) is 30.8 Å². The molecule has 3 N–H and O–H groups in total. The molecule has 9 nitrogen and oxygen atoms in total. The van der Waals surface area contributed by atoms with Crippen LogP contribution in [0.1, 0.15) is 19.4 Å². The summed E-state index contributed by atoms with van der Waals surface area (Å²) >= 11 is 0. The van der Waals surface area contributed by atoms with E-state index in [1.54, 1.807) is 18.2 Å². The van der Waals surface area contributed by atoms with Crippen LogP contribution in [0.3, 0.4) is 0 Å². The first-order valence-corrected chi connectivity index (χ1v) is 11.1. The number of pyridine rings is 1. The molecule has 4 rings (SSSR count). The molecule has 2 fully saturated rings. The lowest BCUT2D eigenvalue weighted by Crippen LogP contribution is -2.47. The molecule has 2 aliphatic heterocycles. The number of nitrogens with one attached hydrogen (secondary N) is 1. The first-order valence-electron chi connectivity index (χ1n) is 11.1. The number of anilines is 3. The van der Waals surface area contributed by atoms with Crippen molar-refractivity contribution in [2.24, 2.45) is 5.73 Å². The second-order valence-corrected chi connectivity index (χ2v) is 8.06. The van der Waals surface area contributed by atoms with Gasteiger partial charge in [0, 0.05) is 44.8 Å². The average Bonchev–Trinajstić information content (AvgIpc) is 2.84. The highest BCUT2D eigenvalue weighted by Crippen LogP contribution is 2.26. The Morgan fingerprint density at radius 1 is 1.06 bits per heavy atom. The van der Waals surface area contributed by atoms with Gasteiger partial charge in [0.25, 0.3) is 0 Å². The minimum atomic E-state index is -0.644. The van der Waals surface area contributed by atoms with Crippen molar-refractivity contribution in [1.82, 2.24) is 4.98 Å². The third-order valence-corrected chi connectivity index (χ3v) is 5.83. The van der Waals surface area contributed by atoms with Gasteiger partial charge in [0.1, 0.15) is 24.7 Å². The molecule has 10 heteroatoms. The number of halogens is 1. The second-order valence-electron chi connectivity index (χ2n) is 8.06. The Morgan fingerprint density at radius 2 is 1.76 bits per heavy atom. The van der Waals surface area contributed by atoms with Gasteiger partial charge in [-0.25, -0.2) is 9.37 Å². The lowest BCUT2D eigenvalue weighted by atomic mass is 10.1. The molecule has 0 radical (unpaired) electrons. The van der Waals surface area contributed by atoms with Crippen LogP contribution < -0.4 is 20.4 Å². The number of carbonyl (C=O) groups is 1. The number of hydrogen-bond donors (Lipinski definition) is 2. The molecule has 0 atom stereocenters. The minimum Gasteiger partial charge on any atom is -0.460 e. The van der Waals surface area contributed by atoms with Crippen LogP contribution in [0.25, 0.3) is 0 Å². The Balaban J connectivity index is 0.00000324. The number of aromatic nitrogens is 1. The fraction of sp³-hybridized carbons (Fsp3) is 0.458. The number of hydrogen-bond acceptors (Lipinski definition) is 8. The molecule has 0 bridgehead atoms. The van der Waals surface area contributed by atoms with Gasteiger partial charge in [-0.05, 0) is 18.2 Å². The number of carbonyl (C=O) groups excluding carboxylic acids is 1. The van der Waals surface area contributed by atoms with E-state index in [4.69, 9.17) is 20.6 Å². The molecule has 34 heavy (non-hydrogen) atoms. The summed E-state index contributed by atoms with van der Waals surface area (Å²) in [5.74, 6) is -0.353. The minimum absolute atomic E-state index is 0. The van der Waals surface area contributed by atoms with Gasteiger partial charge in [0.15, 0.2) is 5.82 Å². The van der Waals surface area contributed by atoms with Crippen molar-refractivity contribution in [3.8, 4) is 0 Å². The Kier molecular flexibility index (Phi) is 8.64. The van der Waals surface area contributed by atoms with Gasteiger partial charge in [-0.3, -0.25) is 10.2 Å². The highest BCUT2D eigenvalue weighted by Gasteiger charge is 2.22. The van der Waals surface area contributed by atoms with Gasteiger partial charge >= 0.3 is 5.97 Å². The molecule has 0 saturated carbocycles. The number of nitrogens with zero attached hydrogens (tertiary/aromatic N) is 4. The summed E-state index contributed by atoms with van der Waals surface area (Å²) in [5, 5.41) is 7.14. The summed E-state index contributed by atoms with van der Waals surface area (Å²) in [7, 11) is 0. The molecular formula is C24H33FN6O3. The quantitative estimate of drug-likeness (QED) is 0.359. The zero-order chi connectivity index (χ0) is 23.2. The Bertz CT molecular complexity index is 973. The van der Waals surface area contributed by atoms with E-state index < -0.39 is 11.8 Å².